The van der Waals surface area contributed by atoms with E-state index in [0.717, 1.165) is 10.9 Å². The minimum Gasteiger partial charge on any atom is -0.0843 e. The summed E-state index contributed by atoms with van der Waals surface area (Å²) in [6, 6.07) is 17.2. The Kier molecular flexibility index (Phi) is 7.84. The van der Waals surface area contributed by atoms with Gasteiger partial charge in [0.25, 0.3) is 0 Å². The Labute approximate surface area is 215 Å². The summed E-state index contributed by atoms with van der Waals surface area (Å²) in [4.78, 5) is 0. The first-order valence-electron chi connectivity index (χ1n) is 13.2. The average molecular weight is 479 g/mol. The van der Waals surface area contributed by atoms with Gasteiger partial charge in [0.1, 0.15) is 0 Å². The van der Waals surface area contributed by atoms with Crippen LogP contribution in [-0.4, -0.2) is 0 Å². The van der Waals surface area contributed by atoms with Crippen molar-refractivity contribution in [2.45, 2.75) is 94.4 Å². The van der Waals surface area contributed by atoms with E-state index in [4.69, 9.17) is 11.6 Å². The third-order valence-corrected chi connectivity index (χ3v) is 10.5. The Morgan fingerprint density at radius 3 is 1.85 bits per heavy atom. The van der Waals surface area contributed by atoms with Gasteiger partial charge in [-0.1, -0.05) is 121 Å². The van der Waals surface area contributed by atoms with E-state index >= 15 is 0 Å². The van der Waals surface area contributed by atoms with Crippen LogP contribution in [0.25, 0.3) is 6.08 Å². The molecule has 0 aromatic heterocycles. The largest absolute Gasteiger partial charge is 0.0843 e. The van der Waals surface area contributed by atoms with E-state index in [1.165, 1.54) is 48.8 Å². The fraction of sp³-hybridized carbons (Fsp3) is 0.576. The normalized spacial score (nSPS) is 25.1. The Balaban J connectivity index is 0.000000191. The van der Waals surface area contributed by atoms with Crippen LogP contribution in [0.2, 0.25) is 5.02 Å². The second-order valence-corrected chi connectivity index (χ2v) is 13.7. The van der Waals surface area contributed by atoms with Crippen molar-refractivity contribution in [3.63, 3.8) is 0 Å². The van der Waals surface area contributed by atoms with E-state index in [9.17, 15) is 0 Å². The molecule has 34 heavy (non-hydrogen) atoms. The van der Waals surface area contributed by atoms with Gasteiger partial charge >= 0.3 is 0 Å². The number of allylic oxidation sites excluding steroid dienone is 1. The summed E-state index contributed by atoms with van der Waals surface area (Å²) in [5, 5.41) is 0.804. The lowest BCUT2D eigenvalue weighted by molar-refractivity contribution is 0.107. The third-order valence-electron chi connectivity index (χ3n) is 10.2. The van der Waals surface area contributed by atoms with E-state index in [-0.39, 0.29) is 5.41 Å². The van der Waals surface area contributed by atoms with Crippen molar-refractivity contribution < 1.29 is 0 Å². The van der Waals surface area contributed by atoms with E-state index in [1.807, 2.05) is 12.1 Å². The Hall–Kier alpha value is -1.53. The van der Waals surface area contributed by atoms with Crippen molar-refractivity contribution >= 4 is 17.7 Å². The molecular formula is C33H47Cl. The van der Waals surface area contributed by atoms with Crippen LogP contribution in [-0.2, 0) is 6.42 Å². The third kappa shape index (κ3) is 5.64. The lowest BCUT2D eigenvalue weighted by atomic mass is 9.66. The summed E-state index contributed by atoms with van der Waals surface area (Å²) in [5.74, 6) is 0.834. The molecule has 1 atom stereocenters. The van der Waals surface area contributed by atoms with Gasteiger partial charge < -0.3 is 0 Å². The number of hydrogen-bond acceptors (Lipinski definition) is 0. The van der Waals surface area contributed by atoms with Gasteiger partial charge in [0.15, 0.2) is 0 Å². The quantitative estimate of drug-likeness (QED) is 0.411. The number of rotatable bonds is 3. The maximum atomic E-state index is 5.91. The van der Waals surface area contributed by atoms with Crippen LogP contribution in [0.5, 0.6) is 0 Å². The molecule has 0 N–H and O–H groups in total. The van der Waals surface area contributed by atoms with Gasteiger partial charge in [-0.3, -0.25) is 0 Å². The van der Waals surface area contributed by atoms with Crippen molar-refractivity contribution in [3.05, 3.63) is 75.8 Å². The molecule has 2 aliphatic rings. The monoisotopic (exact) mass is 478 g/mol. The molecule has 4 rings (SSSR count). The molecule has 0 nitrogen and oxygen atoms in total. The van der Waals surface area contributed by atoms with Gasteiger partial charge in [-0.2, -0.15) is 0 Å². The molecule has 0 amide bonds. The molecule has 2 aromatic rings. The zero-order valence-corrected chi connectivity index (χ0v) is 23.9. The van der Waals surface area contributed by atoms with Crippen molar-refractivity contribution in [2.75, 3.05) is 0 Å². The average Bonchev–Trinajstić information content (AvgIpc) is 3.08. The maximum absolute atomic E-state index is 5.91. The molecule has 1 heteroatoms. The van der Waals surface area contributed by atoms with Gasteiger partial charge in [-0.15, -0.1) is 0 Å². The highest BCUT2D eigenvalue weighted by atomic mass is 35.5. The summed E-state index contributed by atoms with van der Waals surface area (Å²) in [6.45, 7) is 21.4. The molecule has 0 saturated heterocycles. The van der Waals surface area contributed by atoms with Gasteiger partial charge in [0.05, 0.1) is 0 Å². The molecule has 0 aliphatic heterocycles. The fourth-order valence-corrected chi connectivity index (χ4v) is 5.78. The molecule has 2 fully saturated rings. The molecule has 2 aliphatic carbocycles. The van der Waals surface area contributed by atoms with Crippen molar-refractivity contribution in [1.82, 2.24) is 0 Å². The first-order chi connectivity index (χ1) is 15.7. The van der Waals surface area contributed by atoms with Gasteiger partial charge in [0.2, 0.25) is 0 Å². The minimum absolute atomic E-state index is 0.284. The summed E-state index contributed by atoms with van der Waals surface area (Å²) in [6.07, 6.45) is 8.83. The van der Waals surface area contributed by atoms with Crippen molar-refractivity contribution in [1.29, 1.82) is 0 Å². The highest BCUT2D eigenvalue weighted by Crippen LogP contribution is 2.57. The standard InChI is InChI=1S/C17H26.C16H21Cl/c1-13-6-8-14(9-7-13)12-15-10-11-16(2,3)17(15,4)5;1-15(2)10-9-13(16(15,3)4)11-12-5-7-14(17)8-6-12/h6-9,15H,10-12H2,1-5H3;5-8,11H,9-10H2,1-4H3/b;13-11-. The first kappa shape index (κ1) is 27.1. The van der Waals surface area contributed by atoms with Gasteiger partial charge in [0, 0.05) is 5.02 Å². The van der Waals surface area contributed by atoms with Crippen LogP contribution >= 0.6 is 11.6 Å². The van der Waals surface area contributed by atoms with Crippen LogP contribution in [0.1, 0.15) is 97.8 Å². The van der Waals surface area contributed by atoms with Crippen molar-refractivity contribution in [2.24, 2.45) is 27.6 Å². The minimum atomic E-state index is 0.284. The second-order valence-electron chi connectivity index (χ2n) is 13.3. The van der Waals surface area contributed by atoms with Crippen LogP contribution in [0, 0.1) is 34.5 Å². The topological polar surface area (TPSA) is 0 Å². The Morgan fingerprint density at radius 2 is 1.38 bits per heavy atom. The smallest absolute Gasteiger partial charge is 0.0406 e. The molecule has 0 heterocycles. The van der Waals surface area contributed by atoms with Gasteiger partial charge in [-0.25, -0.2) is 0 Å². The van der Waals surface area contributed by atoms with Crippen LogP contribution in [0.4, 0.5) is 0 Å². The van der Waals surface area contributed by atoms with E-state index in [1.54, 1.807) is 5.57 Å². The Morgan fingerprint density at radius 1 is 0.794 bits per heavy atom. The van der Waals surface area contributed by atoms with Crippen LogP contribution < -0.4 is 0 Å². The molecule has 0 bridgehead atoms. The van der Waals surface area contributed by atoms with Crippen LogP contribution in [0.3, 0.4) is 0 Å². The lowest BCUT2D eigenvalue weighted by Gasteiger charge is -2.39. The summed E-state index contributed by atoms with van der Waals surface area (Å²) in [5.41, 5.74) is 7.31. The Bertz CT molecular complexity index is 984. The molecule has 2 saturated carbocycles. The lowest BCUT2D eigenvalue weighted by Crippen LogP contribution is -2.32. The number of aryl methyl sites for hydroxylation is 1. The predicted molar refractivity (Wildman–Crippen MR) is 151 cm³/mol. The van der Waals surface area contributed by atoms with Crippen molar-refractivity contribution in [3.8, 4) is 0 Å². The summed E-state index contributed by atoms with van der Waals surface area (Å²) < 4.78 is 0. The summed E-state index contributed by atoms with van der Waals surface area (Å²) >= 11 is 5.91. The van der Waals surface area contributed by atoms with E-state index < -0.39 is 0 Å². The molecular weight excluding hydrogens is 432 g/mol. The summed E-state index contributed by atoms with van der Waals surface area (Å²) in [7, 11) is 0. The van der Waals surface area contributed by atoms with E-state index in [0.29, 0.717) is 16.2 Å². The molecule has 2 aromatic carbocycles. The SMILES string of the molecule is CC1(C)CC/C(=C/c2ccc(Cl)cc2)C1(C)C.Cc1ccc(CC2CCC(C)(C)C2(C)C)cc1. The molecule has 1 unspecified atom stereocenters. The number of hydrogen-bond donors (Lipinski definition) is 0. The highest BCUT2D eigenvalue weighted by Gasteiger charge is 2.48. The first-order valence-corrected chi connectivity index (χ1v) is 13.6. The molecule has 0 radical (unpaired) electrons. The second kappa shape index (κ2) is 9.85. The zero-order chi connectivity index (χ0) is 25.4. The highest BCUT2D eigenvalue weighted by molar-refractivity contribution is 6.30. The number of halogens is 1. The van der Waals surface area contributed by atoms with Gasteiger partial charge in [-0.05, 0) is 89.9 Å². The number of benzene rings is 2. The molecule has 0 spiro atoms. The molecule has 186 valence electrons. The predicted octanol–water partition coefficient (Wildman–Crippen LogP) is 10.6. The van der Waals surface area contributed by atoms with Crippen LogP contribution in [0.15, 0.2) is 54.1 Å². The maximum Gasteiger partial charge on any atom is 0.0406 e. The van der Waals surface area contributed by atoms with E-state index in [2.05, 4.69) is 105 Å². The fourth-order valence-electron chi connectivity index (χ4n) is 5.66. The zero-order valence-electron chi connectivity index (χ0n) is 23.2.